The number of phenols is 1. The fraction of sp³-hybridized carbons (Fsp3) is 0.464. The molecule has 14 heteroatoms. The van der Waals surface area contributed by atoms with E-state index in [1.807, 2.05) is 6.92 Å². The summed E-state index contributed by atoms with van der Waals surface area (Å²) in [5.74, 6) is -13.4. The van der Waals surface area contributed by atoms with E-state index in [0.717, 1.165) is 0 Å². The van der Waals surface area contributed by atoms with Gasteiger partial charge in [0.25, 0.3) is 5.91 Å². The molecule has 0 saturated heterocycles. The molecule has 3 aliphatic carbocycles. The molecule has 3 aliphatic rings. The minimum atomic E-state index is -3.14. The Morgan fingerprint density at radius 2 is 1.79 bits per heavy atom. The number of ketones is 2. The molecule has 226 valence electrons. The summed E-state index contributed by atoms with van der Waals surface area (Å²) >= 11 is 0. The van der Waals surface area contributed by atoms with Crippen molar-refractivity contribution in [1.29, 1.82) is 0 Å². The van der Waals surface area contributed by atoms with Crippen LogP contribution in [-0.2, 0) is 28.7 Å². The zero-order valence-electron chi connectivity index (χ0n) is 23.1. The molecule has 0 saturated carbocycles. The Hall–Kier alpha value is -4.27. The second-order valence-electron chi connectivity index (χ2n) is 10.7. The van der Waals surface area contributed by atoms with Gasteiger partial charge >= 0.3 is 11.9 Å². The number of amides is 1. The highest BCUT2D eigenvalue weighted by Crippen LogP contribution is 2.56. The Balaban J connectivity index is 2.09. The van der Waals surface area contributed by atoms with E-state index in [1.54, 1.807) is 0 Å². The lowest BCUT2D eigenvalue weighted by atomic mass is 9.55. The molecular weight excluding hydrogens is 556 g/mol. The van der Waals surface area contributed by atoms with E-state index in [0.29, 0.717) is 6.42 Å². The minimum absolute atomic E-state index is 0.147. The smallest absolute Gasteiger partial charge is 0.317 e. The van der Waals surface area contributed by atoms with Gasteiger partial charge in [-0.25, -0.2) is 0 Å². The number of rotatable bonds is 9. The second-order valence-corrected chi connectivity index (χ2v) is 10.7. The fourth-order valence-electron chi connectivity index (χ4n) is 6.38. The highest BCUT2D eigenvalue weighted by atomic mass is 16.5. The number of aliphatic hydroxyl groups excluding tert-OH is 2. The molecule has 1 aromatic rings. The number of hydrogen-bond acceptors (Lipinski definition) is 12. The van der Waals surface area contributed by atoms with Crippen LogP contribution < -0.4 is 5.73 Å². The maximum Gasteiger partial charge on any atom is 0.317 e. The molecule has 0 aliphatic heterocycles. The van der Waals surface area contributed by atoms with Gasteiger partial charge in [-0.2, -0.15) is 0 Å². The summed E-state index contributed by atoms with van der Waals surface area (Å²) in [5.41, 5.74) is 0.589. The number of phenolic OH excluding ortho intramolecular Hbond substituents is 1. The highest BCUT2D eigenvalue weighted by molar-refractivity contribution is 6.25. The molecule has 6 atom stereocenters. The van der Waals surface area contributed by atoms with Crippen LogP contribution in [0.2, 0.25) is 0 Å². The number of aliphatic carboxylic acids is 1. The Kier molecular flexibility index (Phi) is 8.18. The van der Waals surface area contributed by atoms with E-state index in [1.165, 1.54) is 37.2 Å². The summed E-state index contributed by atoms with van der Waals surface area (Å²) < 4.78 is 11.4. The lowest BCUT2D eigenvalue weighted by molar-refractivity contribution is -0.183. The second kappa shape index (κ2) is 11.2. The molecule has 7 N–H and O–H groups in total. The monoisotopic (exact) mass is 588 g/mol. The third-order valence-electron chi connectivity index (χ3n) is 7.98. The van der Waals surface area contributed by atoms with Gasteiger partial charge in [-0.15, -0.1) is 0 Å². The lowest BCUT2D eigenvalue weighted by Gasteiger charge is -2.54. The van der Waals surface area contributed by atoms with Gasteiger partial charge in [0.1, 0.15) is 35.4 Å². The zero-order valence-corrected chi connectivity index (χ0v) is 23.1. The number of Topliss-reactive ketones (excluding diaryl/α,β-unsaturated/α-hetero) is 2. The minimum Gasteiger partial charge on any atom is -0.510 e. The number of fused-ring (bicyclic) bond motifs is 3. The van der Waals surface area contributed by atoms with Crippen LogP contribution >= 0.6 is 0 Å². The van der Waals surface area contributed by atoms with Gasteiger partial charge in [0.2, 0.25) is 5.78 Å². The molecule has 0 spiro atoms. The third-order valence-corrected chi connectivity index (χ3v) is 7.98. The lowest BCUT2D eigenvalue weighted by Crippen LogP contribution is -2.69. The summed E-state index contributed by atoms with van der Waals surface area (Å²) in [6.07, 6.45) is -2.27. The van der Waals surface area contributed by atoms with Crippen LogP contribution in [0.1, 0.15) is 41.6 Å². The molecule has 4 rings (SSSR count). The van der Waals surface area contributed by atoms with Crippen LogP contribution in [0.4, 0.5) is 0 Å². The summed E-state index contributed by atoms with van der Waals surface area (Å²) in [4.78, 5) is 65.4. The van der Waals surface area contributed by atoms with Crippen molar-refractivity contribution in [3.8, 4) is 5.75 Å². The number of primary amides is 1. The number of carboxylic acid groups (broad SMARTS) is 1. The molecule has 1 amide bonds. The highest BCUT2D eigenvalue weighted by Gasteiger charge is 2.69. The van der Waals surface area contributed by atoms with Crippen LogP contribution in [0, 0.1) is 11.8 Å². The molecule has 6 unspecified atom stereocenters. The largest absolute Gasteiger partial charge is 0.510 e. The Morgan fingerprint density at radius 1 is 1.12 bits per heavy atom. The van der Waals surface area contributed by atoms with E-state index < -0.39 is 99.7 Å². The molecule has 0 fully saturated rings. The van der Waals surface area contributed by atoms with Crippen molar-refractivity contribution in [2.75, 3.05) is 27.3 Å². The van der Waals surface area contributed by atoms with Crippen molar-refractivity contribution in [2.24, 2.45) is 17.6 Å². The number of benzene rings is 1. The van der Waals surface area contributed by atoms with E-state index in [-0.39, 0.29) is 24.3 Å². The van der Waals surface area contributed by atoms with Crippen molar-refractivity contribution in [3.05, 3.63) is 52.0 Å². The first-order valence-corrected chi connectivity index (χ1v) is 13.2. The SMILES string of the molecule is CCCOCC1c2cccc(O)c2C(=O)C2=C(O)C3(O)C(=O)C(C(N)=O)=C(O)C(N(C)C)C3C(OC(=O)CC(=O)O)C21. The molecule has 0 aromatic heterocycles. The Labute approximate surface area is 239 Å². The van der Waals surface area contributed by atoms with Gasteiger partial charge in [0, 0.05) is 24.0 Å². The number of aromatic hydroxyl groups is 1. The first kappa shape index (κ1) is 30.7. The number of aliphatic hydroxyl groups is 3. The average Bonchev–Trinajstić information content (AvgIpc) is 2.88. The molecule has 0 radical (unpaired) electrons. The Bertz CT molecular complexity index is 1430. The number of esters is 1. The first-order valence-electron chi connectivity index (χ1n) is 13.2. The average molecular weight is 589 g/mol. The quantitative estimate of drug-likeness (QED) is 0.0972. The summed E-state index contributed by atoms with van der Waals surface area (Å²) in [6.45, 7) is 1.96. The van der Waals surface area contributed by atoms with Gasteiger partial charge < -0.3 is 40.7 Å². The molecule has 0 bridgehead atoms. The molecule has 14 nitrogen and oxygen atoms in total. The van der Waals surface area contributed by atoms with E-state index in [2.05, 4.69) is 0 Å². The predicted octanol–water partition coefficient (Wildman–Crippen LogP) is 0.0847. The number of hydrogen-bond donors (Lipinski definition) is 6. The fourth-order valence-corrected chi connectivity index (χ4v) is 6.38. The van der Waals surface area contributed by atoms with Gasteiger partial charge in [-0.1, -0.05) is 19.1 Å². The van der Waals surface area contributed by atoms with E-state index in [4.69, 9.17) is 15.2 Å². The van der Waals surface area contributed by atoms with Crippen molar-refractivity contribution >= 4 is 29.4 Å². The summed E-state index contributed by atoms with van der Waals surface area (Å²) in [5, 5.41) is 54.7. The summed E-state index contributed by atoms with van der Waals surface area (Å²) in [6, 6.07) is 2.71. The number of carbonyl (C=O) groups is 5. The van der Waals surface area contributed by atoms with Crippen molar-refractivity contribution in [3.63, 3.8) is 0 Å². The molecular formula is C28H32N2O12. The number of carboxylic acids is 1. The normalized spacial score (nSPS) is 28.7. The third kappa shape index (κ3) is 4.61. The van der Waals surface area contributed by atoms with Crippen LogP contribution in [0.25, 0.3) is 0 Å². The van der Waals surface area contributed by atoms with Gasteiger partial charge in [-0.05, 0) is 32.1 Å². The standard InChI is InChI=1S/C28H32N2O12/c1-4-8-41-10-12-11-6-5-7-13(31)16(11)22(35)18-17(12)24(42-15(34)9-14(32)33)20-21(30(2)3)23(36)19(27(29)39)26(38)28(20,40)25(18)37/h5-7,12,17,20-21,24,31,36-37,40H,4,8-10H2,1-3H3,(H2,29,39)(H,32,33). The first-order chi connectivity index (χ1) is 19.7. The van der Waals surface area contributed by atoms with Crippen LogP contribution in [0.3, 0.4) is 0 Å². The van der Waals surface area contributed by atoms with E-state index in [9.17, 15) is 49.5 Å². The van der Waals surface area contributed by atoms with Crippen molar-refractivity contribution in [1.82, 2.24) is 4.90 Å². The van der Waals surface area contributed by atoms with Gasteiger partial charge in [-0.3, -0.25) is 28.9 Å². The van der Waals surface area contributed by atoms with Crippen LogP contribution in [0.15, 0.2) is 40.9 Å². The molecule has 1 aromatic carbocycles. The molecule has 0 heterocycles. The van der Waals surface area contributed by atoms with E-state index >= 15 is 0 Å². The number of carbonyl (C=O) groups excluding carboxylic acids is 4. The Morgan fingerprint density at radius 3 is 2.36 bits per heavy atom. The number of ether oxygens (including phenoxy) is 2. The molecule has 42 heavy (non-hydrogen) atoms. The number of nitrogens with two attached hydrogens (primary N) is 1. The summed E-state index contributed by atoms with van der Waals surface area (Å²) in [7, 11) is 2.81. The van der Waals surface area contributed by atoms with Crippen LogP contribution in [0.5, 0.6) is 5.75 Å². The van der Waals surface area contributed by atoms with Gasteiger partial charge in [0.05, 0.1) is 24.1 Å². The maximum atomic E-state index is 13.9. The number of nitrogens with zero attached hydrogens (tertiary/aromatic N) is 1. The van der Waals surface area contributed by atoms with Crippen LogP contribution in [-0.4, -0.2) is 105 Å². The zero-order chi connectivity index (χ0) is 31.3. The maximum absolute atomic E-state index is 13.9. The topological polar surface area (TPSA) is 234 Å². The number of likely N-dealkylation sites (N-methyl/N-ethyl adjacent to an activating group) is 1. The van der Waals surface area contributed by atoms with Crippen molar-refractivity contribution < 1.29 is 59.0 Å². The van der Waals surface area contributed by atoms with Gasteiger partial charge in [0.15, 0.2) is 11.4 Å². The predicted molar refractivity (Wildman–Crippen MR) is 141 cm³/mol. The van der Waals surface area contributed by atoms with Crippen molar-refractivity contribution in [2.45, 2.75) is 43.4 Å².